The van der Waals surface area contributed by atoms with E-state index in [0.717, 1.165) is 44.0 Å². The van der Waals surface area contributed by atoms with Crippen LogP contribution < -0.4 is 10.6 Å². The Hall–Kier alpha value is -2.09. The third-order valence-electron chi connectivity index (χ3n) is 4.17. The molecule has 6 heteroatoms. The fourth-order valence-electron chi connectivity index (χ4n) is 2.84. The minimum absolute atomic E-state index is 0. The van der Waals surface area contributed by atoms with Crippen LogP contribution in [0.3, 0.4) is 0 Å². The van der Waals surface area contributed by atoms with E-state index in [0.29, 0.717) is 0 Å². The van der Waals surface area contributed by atoms with Crippen LogP contribution in [-0.4, -0.2) is 35.6 Å². The molecule has 0 aliphatic rings. The Morgan fingerprint density at radius 1 is 1.00 bits per heavy atom. The highest BCUT2D eigenvalue weighted by atomic mass is 127. The van der Waals surface area contributed by atoms with Gasteiger partial charge in [-0.1, -0.05) is 42.5 Å². The van der Waals surface area contributed by atoms with Crippen LogP contribution in [0.5, 0.6) is 0 Å². The van der Waals surface area contributed by atoms with Gasteiger partial charge >= 0.3 is 0 Å². The molecule has 2 aromatic carbocycles. The van der Waals surface area contributed by atoms with Crippen molar-refractivity contribution in [2.75, 3.05) is 20.1 Å². The lowest BCUT2D eigenvalue weighted by Gasteiger charge is -2.12. The summed E-state index contributed by atoms with van der Waals surface area (Å²) in [7, 11) is 1.81. The number of aliphatic imine (C=N–C) groups is 1. The maximum Gasteiger partial charge on any atom is 0.190 e. The number of guanidine groups is 1. The summed E-state index contributed by atoms with van der Waals surface area (Å²) in [6, 6.07) is 18.7. The zero-order valence-corrected chi connectivity index (χ0v) is 17.4. The highest BCUT2D eigenvalue weighted by molar-refractivity contribution is 14.0. The topological polar surface area (TPSA) is 54.2 Å². The van der Waals surface area contributed by atoms with Crippen molar-refractivity contribution in [1.29, 1.82) is 0 Å². The number of benzene rings is 2. The first kappa shape index (κ1) is 20.2. The van der Waals surface area contributed by atoms with Crippen molar-refractivity contribution < 1.29 is 0 Å². The number of fused-ring (bicyclic) bond motifs is 1. The third kappa shape index (κ3) is 5.72. The van der Waals surface area contributed by atoms with E-state index in [1.165, 1.54) is 11.1 Å². The third-order valence-corrected chi connectivity index (χ3v) is 4.17. The molecule has 1 heterocycles. The smallest absolute Gasteiger partial charge is 0.190 e. The van der Waals surface area contributed by atoms with Gasteiger partial charge in [0, 0.05) is 26.7 Å². The van der Waals surface area contributed by atoms with Crippen molar-refractivity contribution in [3.05, 3.63) is 66.5 Å². The number of halogens is 1. The zero-order chi connectivity index (χ0) is 17.3. The van der Waals surface area contributed by atoms with E-state index in [2.05, 4.69) is 61.6 Å². The van der Waals surface area contributed by atoms with Crippen LogP contribution >= 0.6 is 24.0 Å². The van der Waals surface area contributed by atoms with Crippen molar-refractivity contribution in [3.8, 4) is 0 Å². The molecule has 0 unspecified atom stereocenters. The van der Waals surface area contributed by atoms with Crippen LogP contribution in [0.15, 0.2) is 65.9 Å². The van der Waals surface area contributed by atoms with Gasteiger partial charge in [0.05, 0.1) is 17.4 Å². The largest absolute Gasteiger partial charge is 0.356 e. The van der Waals surface area contributed by atoms with E-state index in [1.807, 2.05) is 24.5 Å². The molecule has 26 heavy (non-hydrogen) atoms. The van der Waals surface area contributed by atoms with Gasteiger partial charge in [0.1, 0.15) is 0 Å². The van der Waals surface area contributed by atoms with Crippen molar-refractivity contribution in [2.24, 2.45) is 4.99 Å². The van der Waals surface area contributed by atoms with Gasteiger partial charge in [-0.15, -0.1) is 24.0 Å². The monoisotopic (exact) mass is 463 g/mol. The molecule has 0 atom stereocenters. The Morgan fingerprint density at radius 2 is 1.73 bits per heavy atom. The van der Waals surface area contributed by atoms with Gasteiger partial charge in [-0.2, -0.15) is 0 Å². The number of nitrogens with zero attached hydrogens (tertiary/aromatic N) is 3. The Labute approximate surface area is 172 Å². The number of hydrogen-bond acceptors (Lipinski definition) is 2. The summed E-state index contributed by atoms with van der Waals surface area (Å²) < 4.78 is 2.20. The van der Waals surface area contributed by atoms with Crippen LogP contribution in [0.2, 0.25) is 0 Å². The Balaban J connectivity index is 0.00000243. The predicted octanol–water partition coefficient (Wildman–Crippen LogP) is 3.45. The summed E-state index contributed by atoms with van der Waals surface area (Å²) in [5.74, 6) is 0.853. The quantitative estimate of drug-likeness (QED) is 0.244. The van der Waals surface area contributed by atoms with Gasteiger partial charge in [0.25, 0.3) is 0 Å². The number of rotatable bonds is 7. The molecule has 0 bridgehead atoms. The van der Waals surface area contributed by atoms with E-state index in [-0.39, 0.29) is 24.0 Å². The van der Waals surface area contributed by atoms with Crippen molar-refractivity contribution in [3.63, 3.8) is 0 Å². The maximum absolute atomic E-state index is 4.42. The van der Waals surface area contributed by atoms with Gasteiger partial charge in [0.15, 0.2) is 5.96 Å². The molecule has 3 aromatic rings. The maximum atomic E-state index is 4.42. The molecule has 0 fully saturated rings. The molecule has 0 radical (unpaired) electrons. The van der Waals surface area contributed by atoms with Crippen LogP contribution in [-0.2, 0) is 13.0 Å². The van der Waals surface area contributed by atoms with E-state index in [9.17, 15) is 0 Å². The molecular weight excluding hydrogens is 437 g/mol. The number of aryl methyl sites for hydroxylation is 1. The minimum Gasteiger partial charge on any atom is -0.356 e. The number of hydrogen-bond donors (Lipinski definition) is 2. The van der Waals surface area contributed by atoms with Gasteiger partial charge < -0.3 is 15.2 Å². The second-order valence-corrected chi connectivity index (χ2v) is 5.94. The van der Waals surface area contributed by atoms with Crippen LogP contribution in [0.4, 0.5) is 0 Å². The highest BCUT2D eigenvalue weighted by Crippen LogP contribution is 2.11. The summed E-state index contributed by atoms with van der Waals surface area (Å²) >= 11 is 0. The minimum atomic E-state index is 0. The van der Waals surface area contributed by atoms with Gasteiger partial charge in [-0.05, 0) is 30.5 Å². The average Bonchev–Trinajstić information content (AvgIpc) is 3.08. The molecule has 0 saturated heterocycles. The van der Waals surface area contributed by atoms with E-state index in [1.54, 1.807) is 7.05 Å². The summed E-state index contributed by atoms with van der Waals surface area (Å²) in [5.41, 5.74) is 3.57. The Kier molecular flexibility index (Phi) is 8.40. The summed E-state index contributed by atoms with van der Waals surface area (Å²) in [5, 5.41) is 6.73. The molecule has 0 aliphatic heterocycles. The number of nitrogens with one attached hydrogen (secondary N) is 2. The average molecular weight is 463 g/mol. The first-order valence-corrected chi connectivity index (χ1v) is 8.75. The van der Waals surface area contributed by atoms with Crippen LogP contribution in [0, 0.1) is 0 Å². The Bertz CT molecular complexity index is 813. The number of aromatic nitrogens is 2. The lowest BCUT2D eigenvalue weighted by Crippen LogP contribution is -2.38. The fourth-order valence-corrected chi connectivity index (χ4v) is 2.84. The fraction of sp³-hybridized carbons (Fsp3) is 0.300. The SMILES string of the molecule is CN=C(NCCCn1cnc2ccccc21)NCCc1ccccc1.I. The molecule has 1 aromatic heterocycles. The number of imidazole rings is 1. The first-order valence-electron chi connectivity index (χ1n) is 8.75. The highest BCUT2D eigenvalue weighted by Gasteiger charge is 2.01. The van der Waals surface area contributed by atoms with Gasteiger partial charge in [-0.25, -0.2) is 4.98 Å². The molecule has 3 rings (SSSR count). The summed E-state index contributed by atoms with van der Waals surface area (Å²) in [4.78, 5) is 8.70. The van der Waals surface area contributed by atoms with E-state index >= 15 is 0 Å². The summed E-state index contributed by atoms with van der Waals surface area (Å²) in [6.45, 7) is 2.68. The standard InChI is InChI=1S/C20H25N5.HI/c1-21-20(23-14-12-17-8-3-2-4-9-17)22-13-7-15-25-16-24-18-10-5-6-11-19(18)25;/h2-6,8-11,16H,7,12-15H2,1H3,(H2,21,22,23);1H. The molecule has 0 saturated carbocycles. The van der Waals surface area contributed by atoms with Crippen LogP contribution in [0.25, 0.3) is 11.0 Å². The molecular formula is C20H26IN5. The molecule has 0 spiro atoms. The summed E-state index contributed by atoms with van der Waals surface area (Å²) in [6.07, 6.45) is 3.92. The molecule has 138 valence electrons. The van der Waals surface area contributed by atoms with Gasteiger partial charge in [-0.3, -0.25) is 4.99 Å². The van der Waals surface area contributed by atoms with Crippen molar-refractivity contribution in [1.82, 2.24) is 20.2 Å². The lowest BCUT2D eigenvalue weighted by molar-refractivity contribution is 0.637. The first-order chi connectivity index (χ1) is 12.4. The zero-order valence-electron chi connectivity index (χ0n) is 15.1. The van der Waals surface area contributed by atoms with E-state index < -0.39 is 0 Å². The molecule has 0 aliphatic carbocycles. The van der Waals surface area contributed by atoms with Crippen molar-refractivity contribution >= 4 is 41.0 Å². The normalized spacial score (nSPS) is 11.2. The molecule has 5 nitrogen and oxygen atoms in total. The lowest BCUT2D eigenvalue weighted by atomic mass is 10.1. The van der Waals surface area contributed by atoms with Crippen molar-refractivity contribution in [2.45, 2.75) is 19.4 Å². The molecule has 0 amide bonds. The van der Waals surface area contributed by atoms with E-state index in [4.69, 9.17) is 0 Å². The second kappa shape index (κ2) is 10.8. The van der Waals surface area contributed by atoms with Gasteiger partial charge in [0.2, 0.25) is 0 Å². The second-order valence-electron chi connectivity index (χ2n) is 5.94. The number of para-hydroxylation sites is 2. The molecule has 2 N–H and O–H groups in total. The Morgan fingerprint density at radius 3 is 2.54 bits per heavy atom. The van der Waals surface area contributed by atoms with Crippen LogP contribution in [0.1, 0.15) is 12.0 Å². The predicted molar refractivity (Wildman–Crippen MR) is 119 cm³/mol.